The molecular formula is C13H16F3NO4. The Hall–Kier alpha value is -2.12. The third kappa shape index (κ3) is 7.28. The monoisotopic (exact) mass is 307 g/mol. The van der Waals surface area contributed by atoms with Crippen molar-refractivity contribution in [3.63, 3.8) is 0 Å². The van der Waals surface area contributed by atoms with Crippen LogP contribution >= 0.6 is 0 Å². The first kappa shape index (κ1) is 16.9. The van der Waals surface area contributed by atoms with E-state index >= 15 is 0 Å². The molecule has 118 valence electrons. The Balaban J connectivity index is 2.69. The minimum Gasteiger partial charge on any atom is -0.508 e. The Morgan fingerprint density at radius 3 is 2.38 bits per heavy atom. The number of carbonyl (C=O) groups excluding carboxylic acids is 1. The second-order valence-corrected chi connectivity index (χ2v) is 5.24. The first-order chi connectivity index (χ1) is 9.44. The molecule has 0 aliphatic carbocycles. The zero-order valence-corrected chi connectivity index (χ0v) is 11.7. The Labute approximate surface area is 119 Å². The lowest BCUT2D eigenvalue weighted by Gasteiger charge is -2.19. The molecule has 0 heterocycles. The zero-order chi connectivity index (χ0) is 16.3. The number of hydrogen-bond acceptors (Lipinski definition) is 4. The van der Waals surface area contributed by atoms with Crippen LogP contribution in [0.1, 0.15) is 26.3 Å². The fourth-order valence-electron chi connectivity index (χ4n) is 1.43. The van der Waals surface area contributed by atoms with E-state index < -0.39 is 29.6 Å². The van der Waals surface area contributed by atoms with Gasteiger partial charge in [-0.25, -0.2) is 4.79 Å². The molecule has 0 spiro atoms. The average Bonchev–Trinajstić information content (AvgIpc) is 2.20. The van der Waals surface area contributed by atoms with E-state index in [1.165, 1.54) is 6.07 Å². The maximum Gasteiger partial charge on any atom is 0.573 e. The van der Waals surface area contributed by atoms with Crippen LogP contribution in [-0.2, 0) is 11.3 Å². The van der Waals surface area contributed by atoms with Crippen molar-refractivity contribution in [3.05, 3.63) is 23.8 Å². The summed E-state index contributed by atoms with van der Waals surface area (Å²) in [6.45, 7) is 4.92. The van der Waals surface area contributed by atoms with E-state index in [1.807, 2.05) is 0 Å². The SMILES string of the molecule is CC(C)(C)OC(=O)NCc1cc(O)cc(OC(F)(F)F)c1. The molecule has 0 aromatic heterocycles. The Bertz CT molecular complexity index is 509. The number of halogens is 3. The predicted molar refractivity (Wildman–Crippen MR) is 67.9 cm³/mol. The van der Waals surface area contributed by atoms with Crippen LogP contribution in [0, 0.1) is 0 Å². The summed E-state index contributed by atoms with van der Waals surface area (Å²) < 4.78 is 45.0. The van der Waals surface area contributed by atoms with Crippen molar-refractivity contribution in [2.75, 3.05) is 0 Å². The van der Waals surface area contributed by atoms with Crippen LogP contribution in [0.4, 0.5) is 18.0 Å². The van der Waals surface area contributed by atoms with Gasteiger partial charge >= 0.3 is 12.5 Å². The van der Waals surface area contributed by atoms with Crippen LogP contribution in [0.25, 0.3) is 0 Å². The molecule has 0 bridgehead atoms. The number of rotatable bonds is 3. The summed E-state index contributed by atoms with van der Waals surface area (Å²) >= 11 is 0. The molecule has 21 heavy (non-hydrogen) atoms. The molecule has 1 amide bonds. The van der Waals surface area contributed by atoms with Crippen molar-refractivity contribution in [1.82, 2.24) is 5.32 Å². The van der Waals surface area contributed by atoms with E-state index in [1.54, 1.807) is 20.8 Å². The highest BCUT2D eigenvalue weighted by Gasteiger charge is 2.31. The molecule has 0 radical (unpaired) electrons. The number of carbonyl (C=O) groups is 1. The second-order valence-electron chi connectivity index (χ2n) is 5.24. The molecule has 0 saturated carbocycles. The molecule has 1 rings (SSSR count). The molecular weight excluding hydrogens is 291 g/mol. The third-order valence-electron chi connectivity index (χ3n) is 2.02. The Morgan fingerprint density at radius 1 is 1.24 bits per heavy atom. The Morgan fingerprint density at radius 2 is 1.86 bits per heavy atom. The van der Waals surface area contributed by atoms with Crippen LogP contribution in [-0.4, -0.2) is 23.2 Å². The van der Waals surface area contributed by atoms with E-state index in [2.05, 4.69) is 10.1 Å². The molecule has 8 heteroatoms. The van der Waals surface area contributed by atoms with Crippen LogP contribution < -0.4 is 10.1 Å². The number of nitrogens with one attached hydrogen (secondary N) is 1. The fourth-order valence-corrected chi connectivity index (χ4v) is 1.43. The number of amides is 1. The molecule has 0 aliphatic rings. The van der Waals surface area contributed by atoms with Crippen molar-refractivity contribution < 1.29 is 32.5 Å². The summed E-state index contributed by atoms with van der Waals surface area (Å²) in [5.41, 5.74) is -0.451. The highest BCUT2D eigenvalue weighted by molar-refractivity contribution is 5.67. The number of phenols is 1. The van der Waals surface area contributed by atoms with Gasteiger partial charge in [-0.15, -0.1) is 13.2 Å². The Kier molecular flexibility index (Phi) is 4.93. The second kappa shape index (κ2) is 6.11. The largest absolute Gasteiger partial charge is 0.573 e. The third-order valence-corrected chi connectivity index (χ3v) is 2.02. The topological polar surface area (TPSA) is 67.8 Å². The molecule has 0 unspecified atom stereocenters. The van der Waals surface area contributed by atoms with Gasteiger partial charge in [0.05, 0.1) is 0 Å². The number of aromatic hydroxyl groups is 1. The van der Waals surface area contributed by atoms with Crippen molar-refractivity contribution in [2.24, 2.45) is 0 Å². The maximum atomic E-state index is 12.1. The standard InChI is InChI=1S/C13H16F3NO4/c1-12(2,3)21-11(19)17-7-8-4-9(18)6-10(5-8)20-13(14,15)16/h4-6,18H,7H2,1-3H3,(H,17,19). The van der Waals surface area contributed by atoms with Crippen LogP contribution in [0.2, 0.25) is 0 Å². The molecule has 1 aromatic carbocycles. The van der Waals surface area contributed by atoms with Gasteiger partial charge in [-0.05, 0) is 38.5 Å². The van der Waals surface area contributed by atoms with Gasteiger partial charge in [0, 0.05) is 12.6 Å². The number of hydrogen-bond donors (Lipinski definition) is 2. The average molecular weight is 307 g/mol. The lowest BCUT2D eigenvalue weighted by atomic mass is 10.2. The smallest absolute Gasteiger partial charge is 0.508 e. The maximum absolute atomic E-state index is 12.1. The highest BCUT2D eigenvalue weighted by atomic mass is 19.4. The van der Waals surface area contributed by atoms with Crippen molar-refractivity contribution in [3.8, 4) is 11.5 Å². The molecule has 2 N–H and O–H groups in total. The van der Waals surface area contributed by atoms with Gasteiger partial charge in [0.2, 0.25) is 0 Å². The number of ether oxygens (including phenoxy) is 2. The van der Waals surface area contributed by atoms with Gasteiger partial charge in [-0.3, -0.25) is 0 Å². The summed E-state index contributed by atoms with van der Waals surface area (Å²) in [4.78, 5) is 11.4. The van der Waals surface area contributed by atoms with Crippen LogP contribution in [0.5, 0.6) is 11.5 Å². The number of phenolic OH excluding ortho intramolecular Hbond substituents is 1. The number of alkyl carbamates (subject to hydrolysis) is 1. The van der Waals surface area contributed by atoms with E-state index in [-0.39, 0.29) is 12.1 Å². The predicted octanol–water partition coefficient (Wildman–Crippen LogP) is 3.32. The van der Waals surface area contributed by atoms with E-state index in [0.29, 0.717) is 0 Å². The van der Waals surface area contributed by atoms with Crippen LogP contribution in [0.15, 0.2) is 18.2 Å². The molecule has 1 aromatic rings. The minimum absolute atomic E-state index is 0.114. The highest BCUT2D eigenvalue weighted by Crippen LogP contribution is 2.27. The van der Waals surface area contributed by atoms with Gasteiger partial charge in [0.15, 0.2) is 0 Å². The minimum atomic E-state index is -4.86. The normalized spacial score (nSPS) is 11.9. The molecule has 0 atom stereocenters. The van der Waals surface area contributed by atoms with E-state index in [4.69, 9.17) is 4.74 Å². The first-order valence-corrected chi connectivity index (χ1v) is 6.00. The van der Waals surface area contributed by atoms with Gasteiger partial charge < -0.3 is 19.9 Å². The zero-order valence-electron chi connectivity index (χ0n) is 11.7. The number of alkyl halides is 3. The molecule has 0 fully saturated rings. The molecule has 5 nitrogen and oxygen atoms in total. The van der Waals surface area contributed by atoms with Crippen molar-refractivity contribution in [2.45, 2.75) is 39.3 Å². The molecule has 0 aliphatic heterocycles. The summed E-state index contributed by atoms with van der Waals surface area (Å²) in [6, 6.07) is 3.09. The van der Waals surface area contributed by atoms with E-state index in [0.717, 1.165) is 12.1 Å². The summed E-state index contributed by atoms with van der Waals surface area (Å²) in [6.07, 6.45) is -5.58. The lowest BCUT2D eigenvalue weighted by molar-refractivity contribution is -0.274. The van der Waals surface area contributed by atoms with Gasteiger partial charge in [0.25, 0.3) is 0 Å². The first-order valence-electron chi connectivity index (χ1n) is 6.00. The summed E-state index contributed by atoms with van der Waals surface area (Å²) in [5.74, 6) is -0.971. The van der Waals surface area contributed by atoms with Gasteiger partial charge in [-0.2, -0.15) is 0 Å². The quantitative estimate of drug-likeness (QED) is 0.899. The van der Waals surface area contributed by atoms with Gasteiger partial charge in [-0.1, -0.05) is 0 Å². The van der Waals surface area contributed by atoms with Gasteiger partial charge in [0.1, 0.15) is 17.1 Å². The van der Waals surface area contributed by atoms with E-state index in [9.17, 15) is 23.1 Å². The number of benzene rings is 1. The van der Waals surface area contributed by atoms with Crippen molar-refractivity contribution in [1.29, 1.82) is 0 Å². The van der Waals surface area contributed by atoms with Crippen LogP contribution in [0.3, 0.4) is 0 Å². The molecule has 0 saturated heterocycles. The van der Waals surface area contributed by atoms with Crippen molar-refractivity contribution >= 4 is 6.09 Å². The lowest BCUT2D eigenvalue weighted by Crippen LogP contribution is -2.32. The summed E-state index contributed by atoms with van der Waals surface area (Å²) in [7, 11) is 0. The summed E-state index contributed by atoms with van der Waals surface area (Å²) in [5, 5.41) is 11.7. The fraction of sp³-hybridized carbons (Fsp3) is 0.462.